The molecular formula is C8H18N2O2S. The Morgan fingerprint density at radius 1 is 1.38 bits per heavy atom. The van der Waals surface area contributed by atoms with Gasteiger partial charge in [-0.2, -0.15) is 13.1 Å². The standard InChI is InChI=1S/C8H18N2O2S/c1-7(2)5-9-13(11,12)10-6-8(3)4/h8-10H,1,5-6H2,2-4H3. The highest BCUT2D eigenvalue weighted by Gasteiger charge is 2.08. The summed E-state index contributed by atoms with van der Waals surface area (Å²) in [5.74, 6) is 0.307. The van der Waals surface area contributed by atoms with Gasteiger partial charge >= 0.3 is 0 Å². The Balaban J connectivity index is 3.88. The van der Waals surface area contributed by atoms with Crippen molar-refractivity contribution in [3.63, 3.8) is 0 Å². The van der Waals surface area contributed by atoms with Crippen LogP contribution in [0.2, 0.25) is 0 Å². The van der Waals surface area contributed by atoms with Crippen LogP contribution in [0, 0.1) is 5.92 Å². The molecule has 0 aromatic carbocycles. The molecule has 0 saturated carbocycles. The summed E-state index contributed by atoms with van der Waals surface area (Å²) in [4.78, 5) is 0. The lowest BCUT2D eigenvalue weighted by Gasteiger charge is -2.09. The van der Waals surface area contributed by atoms with Crippen molar-refractivity contribution in [2.45, 2.75) is 20.8 Å². The molecule has 0 aromatic rings. The fraction of sp³-hybridized carbons (Fsp3) is 0.750. The van der Waals surface area contributed by atoms with Crippen LogP contribution in [0.3, 0.4) is 0 Å². The van der Waals surface area contributed by atoms with E-state index in [0.717, 1.165) is 5.57 Å². The summed E-state index contributed by atoms with van der Waals surface area (Å²) in [5, 5.41) is 0. The Hall–Kier alpha value is -0.390. The minimum absolute atomic E-state index is 0.285. The number of hydrogen-bond donors (Lipinski definition) is 2. The highest BCUT2D eigenvalue weighted by molar-refractivity contribution is 7.87. The molecule has 0 aromatic heterocycles. The molecule has 2 N–H and O–H groups in total. The van der Waals surface area contributed by atoms with Crippen molar-refractivity contribution in [3.8, 4) is 0 Å². The minimum Gasteiger partial charge on any atom is -0.202 e. The fourth-order valence-corrected chi connectivity index (χ4v) is 1.64. The first-order chi connectivity index (χ1) is 5.83. The molecule has 0 atom stereocenters. The molecule has 0 rings (SSSR count). The summed E-state index contributed by atoms with van der Waals surface area (Å²) < 4.78 is 27.2. The maximum Gasteiger partial charge on any atom is 0.277 e. The highest BCUT2D eigenvalue weighted by Crippen LogP contribution is 1.90. The van der Waals surface area contributed by atoms with Gasteiger partial charge in [-0.15, -0.1) is 0 Å². The Kier molecular flexibility index (Phi) is 5.20. The Labute approximate surface area is 80.6 Å². The quantitative estimate of drug-likeness (QED) is 0.627. The maximum atomic E-state index is 11.2. The van der Waals surface area contributed by atoms with Gasteiger partial charge in [0.05, 0.1) is 0 Å². The molecule has 0 unspecified atom stereocenters. The first-order valence-corrected chi connectivity index (χ1v) is 5.70. The second kappa shape index (κ2) is 5.36. The molecule has 0 aliphatic carbocycles. The highest BCUT2D eigenvalue weighted by atomic mass is 32.2. The van der Waals surface area contributed by atoms with Gasteiger partial charge in [-0.25, -0.2) is 4.72 Å². The molecule has 0 spiro atoms. The van der Waals surface area contributed by atoms with Crippen molar-refractivity contribution < 1.29 is 8.42 Å². The molecule has 0 heterocycles. The first-order valence-electron chi connectivity index (χ1n) is 4.22. The molecule has 0 aliphatic heterocycles. The van der Waals surface area contributed by atoms with E-state index in [9.17, 15) is 8.42 Å². The summed E-state index contributed by atoms with van der Waals surface area (Å²) in [6, 6.07) is 0. The van der Waals surface area contributed by atoms with Gasteiger partial charge in [0.1, 0.15) is 0 Å². The van der Waals surface area contributed by atoms with Gasteiger partial charge in [0.2, 0.25) is 0 Å². The third-order valence-corrected chi connectivity index (χ3v) is 2.32. The molecule has 78 valence electrons. The molecule has 0 radical (unpaired) electrons. The van der Waals surface area contributed by atoms with Gasteiger partial charge in [0, 0.05) is 13.1 Å². The topological polar surface area (TPSA) is 58.2 Å². The van der Waals surface area contributed by atoms with Crippen LogP contribution in [0.4, 0.5) is 0 Å². The van der Waals surface area contributed by atoms with Crippen molar-refractivity contribution in [3.05, 3.63) is 12.2 Å². The molecule has 0 bridgehead atoms. The Morgan fingerprint density at radius 2 is 1.92 bits per heavy atom. The largest absolute Gasteiger partial charge is 0.277 e. The number of rotatable bonds is 6. The van der Waals surface area contributed by atoms with Crippen LogP contribution >= 0.6 is 0 Å². The SMILES string of the molecule is C=C(C)CNS(=O)(=O)NCC(C)C. The number of hydrogen-bond acceptors (Lipinski definition) is 2. The van der Waals surface area contributed by atoms with E-state index in [4.69, 9.17) is 0 Å². The van der Waals surface area contributed by atoms with Crippen molar-refractivity contribution >= 4 is 10.2 Å². The van der Waals surface area contributed by atoms with Gasteiger partial charge in [0.25, 0.3) is 10.2 Å². The van der Waals surface area contributed by atoms with E-state index >= 15 is 0 Å². The van der Waals surface area contributed by atoms with E-state index in [1.807, 2.05) is 13.8 Å². The summed E-state index contributed by atoms with van der Waals surface area (Å²) in [7, 11) is -3.33. The summed E-state index contributed by atoms with van der Waals surface area (Å²) in [5.41, 5.74) is 0.787. The second-order valence-electron chi connectivity index (χ2n) is 3.52. The van der Waals surface area contributed by atoms with Crippen LogP contribution in [-0.4, -0.2) is 21.5 Å². The van der Waals surface area contributed by atoms with E-state index in [-0.39, 0.29) is 6.54 Å². The summed E-state index contributed by atoms with van der Waals surface area (Å²) >= 11 is 0. The normalized spacial score (nSPS) is 12.0. The van der Waals surface area contributed by atoms with E-state index < -0.39 is 10.2 Å². The average Bonchev–Trinajstić information content (AvgIpc) is 1.98. The van der Waals surface area contributed by atoms with Crippen molar-refractivity contribution in [1.82, 2.24) is 9.44 Å². The number of nitrogens with one attached hydrogen (secondary N) is 2. The van der Waals surface area contributed by atoms with Crippen LogP contribution in [0.25, 0.3) is 0 Å². The lowest BCUT2D eigenvalue weighted by atomic mass is 10.2. The first kappa shape index (κ1) is 12.6. The van der Waals surface area contributed by atoms with Crippen molar-refractivity contribution in [2.24, 2.45) is 5.92 Å². The molecule has 5 heteroatoms. The summed E-state index contributed by atoms with van der Waals surface area (Å²) in [6.45, 7) is 9.99. The predicted octanol–water partition coefficient (Wildman–Crippen LogP) is 0.642. The van der Waals surface area contributed by atoms with E-state index in [2.05, 4.69) is 16.0 Å². The molecular weight excluding hydrogens is 188 g/mol. The monoisotopic (exact) mass is 206 g/mol. The van der Waals surface area contributed by atoms with Gasteiger partial charge in [-0.1, -0.05) is 26.0 Å². The molecule has 0 amide bonds. The zero-order valence-electron chi connectivity index (χ0n) is 8.42. The van der Waals surface area contributed by atoms with E-state index in [1.54, 1.807) is 6.92 Å². The minimum atomic E-state index is -3.33. The zero-order valence-corrected chi connectivity index (χ0v) is 9.24. The van der Waals surface area contributed by atoms with Gasteiger partial charge in [0.15, 0.2) is 0 Å². The van der Waals surface area contributed by atoms with Gasteiger partial charge in [-0.05, 0) is 12.8 Å². The van der Waals surface area contributed by atoms with Crippen molar-refractivity contribution in [1.29, 1.82) is 0 Å². The third kappa shape index (κ3) is 7.95. The van der Waals surface area contributed by atoms with Crippen LogP contribution in [0.1, 0.15) is 20.8 Å². The molecule has 13 heavy (non-hydrogen) atoms. The lowest BCUT2D eigenvalue weighted by Crippen LogP contribution is -2.38. The molecule has 0 saturated heterocycles. The van der Waals surface area contributed by atoms with Crippen LogP contribution in [0.15, 0.2) is 12.2 Å². The molecule has 4 nitrogen and oxygen atoms in total. The van der Waals surface area contributed by atoms with E-state index in [1.165, 1.54) is 0 Å². The Morgan fingerprint density at radius 3 is 2.31 bits per heavy atom. The average molecular weight is 206 g/mol. The van der Waals surface area contributed by atoms with Crippen molar-refractivity contribution in [2.75, 3.05) is 13.1 Å². The second-order valence-corrected chi connectivity index (χ2v) is 5.11. The van der Waals surface area contributed by atoms with Crippen LogP contribution < -0.4 is 9.44 Å². The van der Waals surface area contributed by atoms with E-state index in [0.29, 0.717) is 12.5 Å². The Bertz CT molecular complexity index is 257. The zero-order chi connectivity index (χ0) is 10.5. The molecule has 0 aliphatic rings. The molecule has 0 fully saturated rings. The fourth-order valence-electron chi connectivity index (χ4n) is 0.546. The predicted molar refractivity (Wildman–Crippen MR) is 54.6 cm³/mol. The van der Waals surface area contributed by atoms with Crippen LogP contribution in [0.5, 0.6) is 0 Å². The summed E-state index contributed by atoms with van der Waals surface area (Å²) in [6.07, 6.45) is 0. The van der Waals surface area contributed by atoms with Crippen LogP contribution in [-0.2, 0) is 10.2 Å². The van der Waals surface area contributed by atoms with Gasteiger partial charge in [-0.3, -0.25) is 0 Å². The lowest BCUT2D eigenvalue weighted by molar-refractivity contribution is 0.550. The van der Waals surface area contributed by atoms with Gasteiger partial charge < -0.3 is 0 Å². The smallest absolute Gasteiger partial charge is 0.202 e. The third-order valence-electron chi connectivity index (χ3n) is 1.25. The maximum absolute atomic E-state index is 11.2.